The minimum atomic E-state index is -0.730. The smallest absolute Gasteiger partial charge is 0.159 e. The van der Waals surface area contributed by atoms with Gasteiger partial charge in [0.15, 0.2) is 34.9 Å². The Hall–Kier alpha value is -4.83. The third kappa shape index (κ3) is 24.0. The number of rotatable bonds is 23. The molecule has 0 aromatic heterocycles. The van der Waals surface area contributed by atoms with E-state index in [-0.39, 0.29) is 8.56 Å². The van der Waals surface area contributed by atoms with E-state index in [0.29, 0.717) is 23.3 Å². The fourth-order valence-corrected chi connectivity index (χ4v) is 18.2. The molecule has 0 unspecified atom stereocenters. The summed E-state index contributed by atoms with van der Waals surface area (Å²) in [6, 6.07) is 32.1. The molecule has 6 saturated carbocycles. The number of halogens is 6. The number of benzene rings is 5. The molecule has 5 aromatic rings. The van der Waals surface area contributed by atoms with Crippen LogP contribution >= 0.6 is 0 Å². The van der Waals surface area contributed by atoms with Crippen LogP contribution in [0.25, 0.3) is 11.1 Å². The lowest BCUT2D eigenvalue weighted by atomic mass is 9.68. The van der Waals surface area contributed by atoms with Crippen molar-refractivity contribution in [1.82, 2.24) is 0 Å². The van der Waals surface area contributed by atoms with Crippen LogP contribution in [0.15, 0.2) is 103 Å². The lowest BCUT2D eigenvalue weighted by molar-refractivity contribution is 0.155. The Morgan fingerprint density at radius 3 is 0.936 bits per heavy atom. The topological polar surface area (TPSA) is 23.8 Å². The highest BCUT2D eigenvalue weighted by atomic mass is 19.2. The second-order valence-corrected chi connectivity index (χ2v) is 30.5. The van der Waals surface area contributed by atoms with Crippen molar-refractivity contribution in [3.05, 3.63) is 166 Å². The van der Waals surface area contributed by atoms with E-state index in [1.165, 1.54) is 271 Å². The summed E-state index contributed by atoms with van der Waals surface area (Å²) >= 11 is 0. The summed E-state index contributed by atoms with van der Waals surface area (Å²) in [6.45, 7) is 9.10. The third-order valence-corrected chi connectivity index (χ3v) is 24.2. The summed E-state index contributed by atoms with van der Waals surface area (Å²) in [6.07, 6.45) is 53.5. The number of hydrogen-bond donors (Lipinski definition) is 0. The number of unbranched alkanes of at least 4 members (excludes halogenated alkanes) is 8. The highest BCUT2D eigenvalue weighted by Crippen LogP contribution is 2.48. The first-order valence-electron chi connectivity index (χ1n) is 38.8. The minimum absolute atomic E-state index is 0. The Morgan fingerprint density at radius 1 is 0.309 bits per heavy atom. The zero-order valence-electron chi connectivity index (χ0n) is 58.7. The molecular weight excluding hydrogens is 1170 g/mol. The molecule has 0 saturated heterocycles. The van der Waals surface area contributed by atoms with Crippen LogP contribution in [-0.2, 0) is 6.42 Å². The van der Waals surface area contributed by atoms with Gasteiger partial charge in [-0.1, -0.05) is 211 Å². The van der Waals surface area contributed by atoms with Gasteiger partial charge in [0.2, 0.25) is 0 Å². The van der Waals surface area contributed by atoms with Gasteiger partial charge in [-0.05, 0) is 281 Å². The first-order chi connectivity index (χ1) is 45.8. The molecule has 6 fully saturated rings. The highest BCUT2D eigenvalue weighted by Gasteiger charge is 2.35. The van der Waals surface area contributed by atoms with Crippen molar-refractivity contribution in [2.24, 2.45) is 53.3 Å². The monoisotopic (exact) mass is 1310 g/mol. The molecule has 1 nitrogen and oxygen atoms in total. The molecule has 0 atom stereocenters. The van der Waals surface area contributed by atoms with Gasteiger partial charge in [-0.15, -0.1) is 0 Å². The Kier molecular flexibility index (Phi) is 32.5. The zero-order chi connectivity index (χ0) is 66.4. The van der Waals surface area contributed by atoms with E-state index in [9.17, 15) is 26.3 Å². The molecule has 0 bridgehead atoms. The maximum atomic E-state index is 13.5. The molecule has 7 heteroatoms. The Labute approximate surface area is 576 Å². The summed E-state index contributed by atoms with van der Waals surface area (Å²) in [5, 5.41) is 8.79. The number of nitriles is 1. The first-order valence-corrected chi connectivity index (χ1v) is 38.8. The van der Waals surface area contributed by atoms with Gasteiger partial charge in [-0.3, -0.25) is 0 Å². The summed E-state index contributed by atoms with van der Waals surface area (Å²) in [7, 11) is 0. The molecule has 0 amide bonds. The molecule has 6 aliphatic rings. The van der Waals surface area contributed by atoms with Crippen LogP contribution in [0.3, 0.4) is 0 Å². The van der Waals surface area contributed by atoms with Crippen LogP contribution in [0.1, 0.15) is 332 Å². The maximum Gasteiger partial charge on any atom is 0.159 e. The Morgan fingerprint density at radius 2 is 0.606 bits per heavy atom. The molecular formula is C87H133F6N. The van der Waals surface area contributed by atoms with E-state index in [1.54, 1.807) is 18.2 Å². The minimum Gasteiger partial charge on any atom is -0.204 e. The van der Waals surface area contributed by atoms with Gasteiger partial charge in [-0.25, -0.2) is 26.3 Å². The molecule has 528 valence electrons. The van der Waals surface area contributed by atoms with Crippen LogP contribution < -0.4 is 0 Å². The van der Waals surface area contributed by atoms with Crippen molar-refractivity contribution in [3.8, 4) is 17.2 Å². The predicted molar refractivity (Wildman–Crippen MR) is 394 cm³/mol. The number of aryl methyl sites for hydroxylation is 1. The van der Waals surface area contributed by atoms with E-state index in [0.717, 1.165) is 108 Å². The second-order valence-electron chi connectivity index (χ2n) is 30.5. The predicted octanol–water partition coefficient (Wildman–Crippen LogP) is 29.3. The molecule has 0 N–H and O–H groups in total. The average Bonchev–Trinajstić information content (AvgIpc) is 0.849. The van der Waals surface area contributed by atoms with Gasteiger partial charge in [-0.2, -0.15) is 5.26 Å². The summed E-state index contributed by atoms with van der Waals surface area (Å²) < 4.78 is 79.8. The van der Waals surface area contributed by atoms with Gasteiger partial charge < -0.3 is 0 Å². The van der Waals surface area contributed by atoms with Gasteiger partial charge in [0.1, 0.15) is 0 Å². The van der Waals surface area contributed by atoms with E-state index in [4.69, 9.17) is 5.26 Å². The normalized spacial score (nSPS) is 26.3. The molecule has 0 heterocycles. The van der Waals surface area contributed by atoms with Crippen LogP contribution in [0, 0.1) is 99.5 Å². The van der Waals surface area contributed by atoms with Gasteiger partial charge in [0, 0.05) is 8.56 Å². The molecule has 6 aliphatic carbocycles. The molecule has 0 radical (unpaired) electrons. The SMILES string of the molecule is CCCC1CCC(C2CCC(c3ccc(F)c(F)c3)CC2)CC1.CCCCCC1CCC(C2CCC(c3ccc(F)c(F)c3)CC2)CC1.CCCCCCCC1CCC(C2CCC(c3ccc(F)c(F)c3)CC2)CC1.CCCCCc1ccc(-c2ccc(C#N)cc2)cc1.[HH].[HH].[HH].[HH].[HH].[HH]. The summed E-state index contributed by atoms with van der Waals surface area (Å²) in [5.74, 6) is 5.36. The summed E-state index contributed by atoms with van der Waals surface area (Å²) in [5.41, 5.74) is 7.48. The van der Waals surface area contributed by atoms with E-state index < -0.39 is 34.9 Å². The molecule has 94 heavy (non-hydrogen) atoms. The average molecular weight is 1310 g/mol. The van der Waals surface area contributed by atoms with Gasteiger partial charge in [0.25, 0.3) is 0 Å². The van der Waals surface area contributed by atoms with Crippen LogP contribution in [0.5, 0.6) is 0 Å². The Bertz CT molecular complexity index is 2950. The first kappa shape index (κ1) is 75.0. The van der Waals surface area contributed by atoms with Gasteiger partial charge in [0.05, 0.1) is 11.6 Å². The third-order valence-electron chi connectivity index (χ3n) is 24.2. The quantitative estimate of drug-likeness (QED) is 0.0472. The van der Waals surface area contributed by atoms with Crippen LogP contribution in [-0.4, -0.2) is 0 Å². The molecule has 5 aromatic carbocycles. The van der Waals surface area contributed by atoms with Crippen molar-refractivity contribution in [1.29, 1.82) is 5.26 Å². The standard InChI is InChI=1S/C25H38F2.C23H34F2.C21H30F2.C18H19N.6H2/c1-2-3-4-5-6-7-19-8-10-20(11-9-19)21-12-14-22(15-13-21)23-16-17-24(26)25(27)18-23;1-2-3-4-5-17-6-8-18(9-7-17)19-10-12-20(13-11-19)21-14-15-22(24)23(25)16-21;1-2-3-15-4-6-16(7-5-15)17-8-10-18(11-9-17)19-12-13-20(22)21(23)14-19;1-2-3-4-5-15-6-10-17(11-7-15)18-12-8-16(14-19)9-13-18;;;;;;/h16-22H,2-15H2,1H3;14-20H,2-13H2,1H3;12-18H,2-11H2,1H3;6-13H,2-5H2,1H3;6*1H. The van der Waals surface area contributed by atoms with E-state index in [1.807, 2.05) is 24.3 Å². The number of nitrogens with zero attached hydrogens (tertiary/aromatic N) is 1. The van der Waals surface area contributed by atoms with E-state index in [2.05, 4.69) is 58.0 Å². The van der Waals surface area contributed by atoms with Crippen LogP contribution in [0.2, 0.25) is 0 Å². The summed E-state index contributed by atoms with van der Waals surface area (Å²) in [4.78, 5) is 0. The van der Waals surface area contributed by atoms with Crippen LogP contribution in [0.4, 0.5) is 26.3 Å². The maximum absolute atomic E-state index is 13.5. The molecule has 11 rings (SSSR count). The van der Waals surface area contributed by atoms with Crippen molar-refractivity contribution in [2.75, 3.05) is 0 Å². The van der Waals surface area contributed by atoms with Crippen molar-refractivity contribution >= 4 is 0 Å². The number of hydrogen-bond acceptors (Lipinski definition) is 1. The lowest BCUT2D eigenvalue weighted by Gasteiger charge is -2.38. The van der Waals surface area contributed by atoms with E-state index >= 15 is 0 Å². The van der Waals surface area contributed by atoms with Gasteiger partial charge >= 0.3 is 0 Å². The molecule has 0 spiro atoms. The van der Waals surface area contributed by atoms with Crippen molar-refractivity contribution < 1.29 is 34.9 Å². The highest BCUT2D eigenvalue weighted by molar-refractivity contribution is 5.64. The zero-order valence-corrected chi connectivity index (χ0v) is 58.7. The lowest BCUT2D eigenvalue weighted by Crippen LogP contribution is -2.25. The molecule has 0 aliphatic heterocycles. The fraction of sp³-hybridized carbons (Fsp3) is 0.644. The van der Waals surface area contributed by atoms with Crippen molar-refractivity contribution in [2.45, 2.75) is 302 Å². The largest absolute Gasteiger partial charge is 0.204 e. The van der Waals surface area contributed by atoms with Crippen molar-refractivity contribution in [3.63, 3.8) is 0 Å². The fourth-order valence-electron chi connectivity index (χ4n) is 18.2. The second kappa shape index (κ2) is 40.8. The Balaban J connectivity index is 0.000000447.